The summed E-state index contributed by atoms with van der Waals surface area (Å²) in [6, 6.07) is 9.74. The van der Waals surface area contributed by atoms with Crippen LogP contribution in [0.5, 0.6) is 5.75 Å². The maximum absolute atomic E-state index is 8.94. The lowest BCUT2D eigenvalue weighted by molar-refractivity contribution is -0.0529. The number of benzene rings is 1. The van der Waals surface area contributed by atoms with Gasteiger partial charge in [-0.2, -0.15) is 5.26 Å². The highest BCUT2D eigenvalue weighted by Gasteiger charge is 2.48. The van der Waals surface area contributed by atoms with Crippen molar-refractivity contribution in [3.63, 3.8) is 0 Å². The Morgan fingerprint density at radius 1 is 1.05 bits per heavy atom. The second kappa shape index (κ2) is 4.81. The van der Waals surface area contributed by atoms with E-state index in [-0.39, 0.29) is 0 Å². The first-order valence-corrected chi connectivity index (χ1v) is 7.95. The Labute approximate surface area is 120 Å². The normalized spacial score (nSPS) is 37.6. The highest BCUT2D eigenvalue weighted by atomic mass is 16.5. The molecule has 5 rings (SSSR count). The third-order valence-electron chi connectivity index (χ3n) is 5.83. The van der Waals surface area contributed by atoms with E-state index in [9.17, 15) is 0 Å². The van der Waals surface area contributed by atoms with Crippen LogP contribution in [0.15, 0.2) is 24.3 Å². The van der Waals surface area contributed by atoms with E-state index in [0.717, 1.165) is 41.9 Å². The average molecular weight is 267 g/mol. The molecule has 4 bridgehead atoms. The zero-order valence-electron chi connectivity index (χ0n) is 11.8. The Bertz CT molecular complexity index is 517. The van der Waals surface area contributed by atoms with Crippen LogP contribution in [0.4, 0.5) is 0 Å². The van der Waals surface area contributed by atoms with Crippen LogP contribution in [0.1, 0.15) is 37.7 Å². The van der Waals surface area contributed by atoms with Crippen LogP contribution in [-0.4, -0.2) is 6.61 Å². The van der Waals surface area contributed by atoms with Crippen LogP contribution in [0.25, 0.3) is 0 Å². The molecule has 0 saturated heterocycles. The molecule has 1 aromatic rings. The Morgan fingerprint density at radius 3 is 2.40 bits per heavy atom. The third-order valence-corrected chi connectivity index (χ3v) is 5.83. The molecule has 104 valence electrons. The van der Waals surface area contributed by atoms with Crippen LogP contribution >= 0.6 is 0 Å². The van der Waals surface area contributed by atoms with Gasteiger partial charge in [0.1, 0.15) is 5.75 Å². The molecule has 0 amide bonds. The van der Waals surface area contributed by atoms with E-state index in [4.69, 9.17) is 10.00 Å². The van der Waals surface area contributed by atoms with E-state index in [1.807, 2.05) is 24.3 Å². The van der Waals surface area contributed by atoms with Crippen molar-refractivity contribution in [1.82, 2.24) is 0 Å². The number of nitriles is 1. The minimum absolute atomic E-state index is 0.688. The maximum atomic E-state index is 8.94. The third kappa shape index (κ3) is 2.10. The van der Waals surface area contributed by atoms with Crippen molar-refractivity contribution < 1.29 is 4.74 Å². The van der Waals surface area contributed by atoms with Crippen molar-refractivity contribution in [2.75, 3.05) is 6.61 Å². The average Bonchev–Trinajstić information content (AvgIpc) is 2.46. The highest BCUT2D eigenvalue weighted by molar-refractivity contribution is 5.36. The molecule has 0 N–H and O–H groups in total. The van der Waals surface area contributed by atoms with Gasteiger partial charge in [-0.25, -0.2) is 0 Å². The van der Waals surface area contributed by atoms with E-state index in [1.54, 1.807) is 0 Å². The molecule has 0 aromatic heterocycles. The van der Waals surface area contributed by atoms with Gasteiger partial charge in [0.15, 0.2) is 0 Å². The quantitative estimate of drug-likeness (QED) is 0.829. The summed E-state index contributed by atoms with van der Waals surface area (Å²) in [5.41, 5.74) is 0.688. The Balaban J connectivity index is 1.43. The van der Waals surface area contributed by atoms with Gasteiger partial charge in [-0.1, -0.05) is 6.07 Å². The molecule has 4 aliphatic carbocycles. The van der Waals surface area contributed by atoms with Crippen molar-refractivity contribution in [2.24, 2.45) is 29.6 Å². The minimum atomic E-state index is 0.688. The Hall–Kier alpha value is -1.49. The topological polar surface area (TPSA) is 33.0 Å². The first-order valence-electron chi connectivity index (χ1n) is 7.95. The fraction of sp³-hybridized carbons (Fsp3) is 0.611. The molecule has 0 spiro atoms. The van der Waals surface area contributed by atoms with Crippen molar-refractivity contribution in [3.8, 4) is 11.8 Å². The van der Waals surface area contributed by atoms with E-state index >= 15 is 0 Å². The molecule has 0 aliphatic heterocycles. The Morgan fingerprint density at radius 2 is 1.75 bits per heavy atom. The summed E-state index contributed by atoms with van der Waals surface area (Å²) in [4.78, 5) is 0. The molecule has 0 unspecified atom stereocenters. The molecule has 4 fully saturated rings. The number of ether oxygens (including phenoxy) is 1. The van der Waals surface area contributed by atoms with Crippen molar-refractivity contribution >= 4 is 0 Å². The molecule has 0 radical (unpaired) electrons. The summed E-state index contributed by atoms with van der Waals surface area (Å²) >= 11 is 0. The largest absolute Gasteiger partial charge is 0.493 e. The summed E-state index contributed by atoms with van der Waals surface area (Å²) < 4.78 is 6.02. The van der Waals surface area contributed by atoms with Crippen molar-refractivity contribution in [2.45, 2.75) is 32.1 Å². The van der Waals surface area contributed by atoms with Gasteiger partial charge in [0, 0.05) is 0 Å². The summed E-state index contributed by atoms with van der Waals surface area (Å²) in [6.07, 6.45) is 7.28. The molecule has 0 heterocycles. The van der Waals surface area contributed by atoms with Crippen LogP contribution in [0, 0.1) is 40.9 Å². The van der Waals surface area contributed by atoms with Gasteiger partial charge in [0.25, 0.3) is 0 Å². The lowest BCUT2D eigenvalue weighted by Gasteiger charge is -2.54. The number of hydrogen-bond acceptors (Lipinski definition) is 2. The van der Waals surface area contributed by atoms with Gasteiger partial charge in [0.2, 0.25) is 0 Å². The zero-order chi connectivity index (χ0) is 13.5. The van der Waals surface area contributed by atoms with E-state index in [1.165, 1.54) is 32.1 Å². The van der Waals surface area contributed by atoms with Gasteiger partial charge >= 0.3 is 0 Å². The van der Waals surface area contributed by atoms with Crippen LogP contribution in [0.2, 0.25) is 0 Å². The zero-order valence-corrected chi connectivity index (χ0v) is 11.8. The van der Waals surface area contributed by atoms with E-state index in [2.05, 4.69) is 6.07 Å². The van der Waals surface area contributed by atoms with Gasteiger partial charge < -0.3 is 4.74 Å². The lowest BCUT2D eigenvalue weighted by Crippen LogP contribution is -2.47. The molecule has 4 aliphatic rings. The van der Waals surface area contributed by atoms with E-state index < -0.39 is 0 Å². The SMILES string of the molecule is N#Cc1cccc(OCC2C3CC4CC(C3)CC2C4)c1. The molecule has 0 atom stereocenters. The van der Waals surface area contributed by atoms with Crippen LogP contribution in [-0.2, 0) is 0 Å². The van der Waals surface area contributed by atoms with Gasteiger partial charge in [-0.15, -0.1) is 0 Å². The second-order valence-electron chi connectivity index (χ2n) is 7.05. The van der Waals surface area contributed by atoms with Crippen molar-refractivity contribution in [1.29, 1.82) is 5.26 Å². The fourth-order valence-corrected chi connectivity index (χ4v) is 5.16. The first-order chi connectivity index (χ1) is 9.81. The first kappa shape index (κ1) is 12.3. The monoisotopic (exact) mass is 267 g/mol. The van der Waals surface area contributed by atoms with Crippen molar-refractivity contribution in [3.05, 3.63) is 29.8 Å². The molecule has 2 nitrogen and oxygen atoms in total. The lowest BCUT2D eigenvalue weighted by atomic mass is 9.52. The highest BCUT2D eigenvalue weighted by Crippen LogP contribution is 2.56. The maximum Gasteiger partial charge on any atom is 0.120 e. The number of nitrogens with zero attached hydrogens (tertiary/aromatic N) is 1. The predicted octanol–water partition coefficient (Wildman–Crippen LogP) is 4.01. The van der Waals surface area contributed by atoms with Gasteiger partial charge in [-0.3, -0.25) is 0 Å². The summed E-state index contributed by atoms with van der Waals surface area (Å²) in [5.74, 6) is 5.48. The fourth-order valence-electron chi connectivity index (χ4n) is 5.16. The minimum Gasteiger partial charge on any atom is -0.493 e. The molecule has 2 heteroatoms. The number of hydrogen-bond donors (Lipinski definition) is 0. The molecule has 4 saturated carbocycles. The van der Waals surface area contributed by atoms with Gasteiger partial charge in [-0.05, 0) is 79.9 Å². The van der Waals surface area contributed by atoms with E-state index in [0.29, 0.717) is 5.56 Å². The molecule has 1 aromatic carbocycles. The standard InChI is InChI=1S/C18H21NO/c19-10-12-2-1-3-17(9-12)20-11-18-15-5-13-4-14(7-15)8-16(18)6-13/h1-3,9,13-16,18H,4-8,11H2. The van der Waals surface area contributed by atoms with Crippen LogP contribution in [0.3, 0.4) is 0 Å². The summed E-state index contributed by atoms with van der Waals surface area (Å²) in [5, 5.41) is 8.94. The molecular weight excluding hydrogens is 246 g/mol. The predicted molar refractivity (Wildman–Crippen MR) is 77.2 cm³/mol. The summed E-state index contributed by atoms with van der Waals surface area (Å²) in [6.45, 7) is 0.851. The van der Waals surface area contributed by atoms with Crippen LogP contribution < -0.4 is 4.74 Å². The molecule has 20 heavy (non-hydrogen) atoms. The van der Waals surface area contributed by atoms with Gasteiger partial charge in [0.05, 0.1) is 18.2 Å². The summed E-state index contributed by atoms with van der Waals surface area (Å²) in [7, 11) is 0. The molecular formula is C18H21NO. The Kier molecular flexibility index (Phi) is 2.95. The second-order valence-corrected chi connectivity index (χ2v) is 7.05. The number of rotatable bonds is 3. The smallest absolute Gasteiger partial charge is 0.120 e.